The van der Waals surface area contributed by atoms with Crippen LogP contribution in [0.5, 0.6) is 5.88 Å². The first-order valence-corrected chi connectivity index (χ1v) is 4.66. The molecule has 0 amide bonds. The molecule has 15 heavy (non-hydrogen) atoms. The molecular formula is C9H11ClN2O3. The first-order chi connectivity index (χ1) is 7.04. The van der Waals surface area contributed by atoms with Crippen molar-refractivity contribution in [3.05, 3.63) is 16.8 Å². The fraction of sp³-hybridized carbons (Fsp3) is 0.444. The molecule has 0 saturated heterocycles. The number of esters is 1. The van der Waals surface area contributed by atoms with Gasteiger partial charge in [0.15, 0.2) is 5.15 Å². The number of halogens is 1. The largest absolute Gasteiger partial charge is 0.480 e. The van der Waals surface area contributed by atoms with Gasteiger partial charge in [-0.25, -0.2) is 0 Å². The van der Waals surface area contributed by atoms with Gasteiger partial charge >= 0.3 is 5.97 Å². The van der Waals surface area contributed by atoms with Crippen LogP contribution in [-0.4, -0.2) is 23.3 Å². The number of carbonyl (C=O) groups excluding carboxylic acids is 1. The van der Waals surface area contributed by atoms with E-state index in [1.165, 1.54) is 14.0 Å². The Kier molecular flexibility index (Phi) is 3.85. The number of aromatic nitrogens is 2. The van der Waals surface area contributed by atoms with Crippen LogP contribution in [0, 0.1) is 0 Å². The number of nitrogens with zero attached hydrogens (tertiary/aromatic N) is 2. The molecule has 0 bridgehead atoms. The minimum Gasteiger partial charge on any atom is -0.480 e. The van der Waals surface area contributed by atoms with Gasteiger partial charge in [0.05, 0.1) is 12.7 Å². The Bertz CT molecular complexity index is 370. The van der Waals surface area contributed by atoms with Crippen molar-refractivity contribution >= 4 is 17.6 Å². The zero-order valence-corrected chi connectivity index (χ0v) is 9.41. The van der Waals surface area contributed by atoms with E-state index in [-0.39, 0.29) is 11.1 Å². The molecule has 1 rings (SSSR count). The van der Waals surface area contributed by atoms with E-state index in [4.69, 9.17) is 21.1 Å². The highest BCUT2D eigenvalue weighted by Crippen LogP contribution is 2.26. The number of rotatable bonds is 3. The lowest BCUT2D eigenvalue weighted by Crippen LogP contribution is -2.08. The lowest BCUT2D eigenvalue weighted by atomic mass is 10.2. The van der Waals surface area contributed by atoms with E-state index in [2.05, 4.69) is 10.2 Å². The summed E-state index contributed by atoms with van der Waals surface area (Å²) < 4.78 is 9.97. The van der Waals surface area contributed by atoms with Crippen LogP contribution in [0.4, 0.5) is 0 Å². The zero-order chi connectivity index (χ0) is 11.4. The monoisotopic (exact) mass is 230 g/mol. The summed E-state index contributed by atoms with van der Waals surface area (Å²) in [5, 5.41) is 7.58. The van der Waals surface area contributed by atoms with E-state index in [9.17, 15) is 4.79 Å². The summed E-state index contributed by atoms with van der Waals surface area (Å²) >= 11 is 5.68. The van der Waals surface area contributed by atoms with E-state index < -0.39 is 6.10 Å². The molecule has 82 valence electrons. The van der Waals surface area contributed by atoms with Crippen LogP contribution in [-0.2, 0) is 9.53 Å². The van der Waals surface area contributed by atoms with Crippen LogP contribution < -0.4 is 4.74 Å². The van der Waals surface area contributed by atoms with Crippen molar-refractivity contribution in [3.63, 3.8) is 0 Å². The van der Waals surface area contributed by atoms with E-state index in [0.29, 0.717) is 11.4 Å². The highest BCUT2D eigenvalue weighted by Gasteiger charge is 2.16. The minimum absolute atomic E-state index is 0.227. The lowest BCUT2D eigenvalue weighted by molar-refractivity contribution is -0.145. The molecule has 0 aliphatic heterocycles. The van der Waals surface area contributed by atoms with Crippen molar-refractivity contribution in [2.75, 3.05) is 7.11 Å². The predicted octanol–water partition coefficient (Wildman–Crippen LogP) is 1.76. The van der Waals surface area contributed by atoms with Crippen molar-refractivity contribution in [1.29, 1.82) is 0 Å². The van der Waals surface area contributed by atoms with Gasteiger partial charge in [-0.3, -0.25) is 4.79 Å². The molecule has 1 unspecified atom stereocenters. The lowest BCUT2D eigenvalue weighted by Gasteiger charge is -2.14. The number of ether oxygens (including phenoxy) is 2. The van der Waals surface area contributed by atoms with Gasteiger partial charge in [0, 0.05) is 6.92 Å². The van der Waals surface area contributed by atoms with Crippen LogP contribution in [0.1, 0.15) is 25.5 Å². The van der Waals surface area contributed by atoms with Crippen LogP contribution >= 0.6 is 11.6 Å². The van der Waals surface area contributed by atoms with Gasteiger partial charge in [0.1, 0.15) is 6.10 Å². The molecule has 1 aromatic heterocycles. The molecule has 1 atom stereocenters. The Balaban J connectivity index is 2.99. The molecule has 1 aromatic rings. The smallest absolute Gasteiger partial charge is 0.303 e. The molecular weight excluding hydrogens is 220 g/mol. The average Bonchev–Trinajstić information content (AvgIpc) is 2.16. The Morgan fingerprint density at radius 2 is 2.20 bits per heavy atom. The Hall–Kier alpha value is -1.36. The number of hydrogen-bond acceptors (Lipinski definition) is 5. The summed E-state index contributed by atoms with van der Waals surface area (Å²) in [6, 6.07) is 1.56. The molecule has 6 heteroatoms. The maximum absolute atomic E-state index is 10.8. The normalized spacial score (nSPS) is 12.0. The molecule has 0 fully saturated rings. The SMILES string of the molecule is COc1nnc(Cl)cc1C(C)OC(C)=O. The molecule has 5 nitrogen and oxygen atoms in total. The van der Waals surface area contributed by atoms with Crippen LogP contribution in [0.15, 0.2) is 6.07 Å². The molecule has 0 aliphatic carbocycles. The van der Waals surface area contributed by atoms with Gasteiger partial charge in [-0.05, 0) is 13.0 Å². The summed E-state index contributed by atoms with van der Waals surface area (Å²) in [5.74, 6) is -0.0781. The first kappa shape index (κ1) is 11.7. The van der Waals surface area contributed by atoms with Crippen LogP contribution in [0.2, 0.25) is 5.15 Å². The predicted molar refractivity (Wildman–Crippen MR) is 53.8 cm³/mol. The Morgan fingerprint density at radius 1 is 1.53 bits per heavy atom. The minimum atomic E-state index is -0.467. The Morgan fingerprint density at radius 3 is 2.73 bits per heavy atom. The van der Waals surface area contributed by atoms with Gasteiger partial charge in [0.2, 0.25) is 5.88 Å². The molecule has 0 N–H and O–H groups in total. The molecule has 0 saturated carbocycles. The maximum atomic E-state index is 10.8. The standard InChI is InChI=1S/C9H11ClN2O3/c1-5(15-6(2)13)7-4-8(10)11-12-9(7)14-3/h4-5H,1-3H3. The van der Waals surface area contributed by atoms with Crippen LogP contribution in [0.25, 0.3) is 0 Å². The third-order valence-electron chi connectivity index (χ3n) is 1.73. The topological polar surface area (TPSA) is 61.3 Å². The van der Waals surface area contributed by atoms with Crippen molar-refractivity contribution in [2.24, 2.45) is 0 Å². The van der Waals surface area contributed by atoms with Crippen molar-refractivity contribution in [1.82, 2.24) is 10.2 Å². The van der Waals surface area contributed by atoms with E-state index in [1.807, 2.05) is 0 Å². The fourth-order valence-corrected chi connectivity index (χ4v) is 1.29. The average molecular weight is 231 g/mol. The van der Waals surface area contributed by atoms with Crippen molar-refractivity contribution < 1.29 is 14.3 Å². The summed E-state index contributed by atoms with van der Waals surface area (Å²) in [7, 11) is 1.46. The number of carbonyl (C=O) groups is 1. The molecule has 0 spiro atoms. The van der Waals surface area contributed by atoms with Gasteiger partial charge in [-0.2, -0.15) is 0 Å². The summed E-state index contributed by atoms with van der Waals surface area (Å²) in [6.45, 7) is 3.04. The maximum Gasteiger partial charge on any atom is 0.303 e. The summed E-state index contributed by atoms with van der Waals surface area (Å²) in [6.07, 6.45) is -0.467. The molecule has 0 aliphatic rings. The van der Waals surface area contributed by atoms with Gasteiger partial charge in [0.25, 0.3) is 0 Å². The molecule has 1 heterocycles. The van der Waals surface area contributed by atoms with Gasteiger partial charge < -0.3 is 9.47 Å². The van der Waals surface area contributed by atoms with E-state index in [1.54, 1.807) is 13.0 Å². The molecule has 0 radical (unpaired) electrons. The highest BCUT2D eigenvalue weighted by atomic mass is 35.5. The van der Waals surface area contributed by atoms with Gasteiger partial charge in [-0.15, -0.1) is 10.2 Å². The van der Waals surface area contributed by atoms with Gasteiger partial charge in [-0.1, -0.05) is 11.6 Å². The fourth-order valence-electron chi connectivity index (χ4n) is 1.13. The second-order valence-electron chi connectivity index (χ2n) is 2.88. The summed E-state index contributed by atoms with van der Waals surface area (Å²) in [5.41, 5.74) is 0.590. The second-order valence-corrected chi connectivity index (χ2v) is 3.27. The Labute approximate surface area is 92.4 Å². The van der Waals surface area contributed by atoms with Crippen molar-refractivity contribution in [3.8, 4) is 5.88 Å². The number of methoxy groups -OCH3 is 1. The third-order valence-corrected chi connectivity index (χ3v) is 1.92. The zero-order valence-electron chi connectivity index (χ0n) is 8.65. The van der Waals surface area contributed by atoms with E-state index >= 15 is 0 Å². The quantitative estimate of drug-likeness (QED) is 0.741. The molecule has 0 aromatic carbocycles. The van der Waals surface area contributed by atoms with E-state index in [0.717, 1.165) is 0 Å². The first-order valence-electron chi connectivity index (χ1n) is 4.29. The number of hydrogen-bond donors (Lipinski definition) is 0. The summed E-state index contributed by atoms with van der Waals surface area (Å²) in [4.78, 5) is 10.8. The third kappa shape index (κ3) is 3.06. The van der Waals surface area contributed by atoms with Crippen LogP contribution in [0.3, 0.4) is 0 Å². The highest BCUT2D eigenvalue weighted by molar-refractivity contribution is 6.29. The second kappa shape index (κ2) is 4.93. The van der Waals surface area contributed by atoms with Crippen molar-refractivity contribution in [2.45, 2.75) is 20.0 Å².